The fourth-order valence-corrected chi connectivity index (χ4v) is 7.94. The summed E-state index contributed by atoms with van der Waals surface area (Å²) in [5, 5.41) is 6.40. The van der Waals surface area contributed by atoms with Crippen LogP contribution in [0.2, 0.25) is 8.80 Å². The molecule has 0 radical (unpaired) electrons. The second-order valence-corrected chi connectivity index (χ2v) is 21.1. The molecular weight excluding hydrogens is 978 g/mol. The van der Waals surface area contributed by atoms with E-state index in [1.807, 2.05) is 114 Å². The summed E-state index contributed by atoms with van der Waals surface area (Å²) >= 11 is 17.5. The summed E-state index contributed by atoms with van der Waals surface area (Å²) in [7, 11) is 0. The Morgan fingerprint density at radius 2 is 1.12 bits per heavy atom. The third-order valence-electron chi connectivity index (χ3n) is 8.72. The van der Waals surface area contributed by atoms with Gasteiger partial charge in [0.25, 0.3) is 0 Å². The molecule has 15 heteroatoms. The zero-order valence-corrected chi connectivity index (χ0v) is 48.1. The van der Waals surface area contributed by atoms with Gasteiger partial charge in [-0.15, -0.1) is 45.3 Å². The van der Waals surface area contributed by atoms with Crippen molar-refractivity contribution in [1.29, 1.82) is 0 Å². The highest BCUT2D eigenvalue weighted by atomic mass is 35.5. The van der Waals surface area contributed by atoms with Crippen LogP contribution in [0.3, 0.4) is 0 Å². The van der Waals surface area contributed by atoms with Gasteiger partial charge in [-0.3, -0.25) is 9.97 Å². The Balaban J connectivity index is 0.000000389. The molecule has 0 bridgehead atoms. The SMILES string of the molecule is CCc1ccc(C)cc1.CCc1ccc(C)cn1.CCc1ccnc(C)c1.Cc1ccc(Cl)s1.Cc1cnc(Cl)s1.Cc1coc(C)n1.Cc1csc(C)n1.Cc1csc(C)n1.Cc1ncoc1C. The number of hydrogen-bond donors (Lipinski definition) is 0. The van der Waals surface area contributed by atoms with Gasteiger partial charge in [-0.25, -0.2) is 24.9 Å². The quantitative estimate of drug-likeness (QED) is 0.170. The number of aryl methyl sites for hydroxylation is 16. The molecule has 0 atom stereocenters. The number of thiazole rings is 3. The van der Waals surface area contributed by atoms with Crippen molar-refractivity contribution in [3.05, 3.63) is 199 Å². The fraction of sp³-hybridized carbons (Fsp3) is 0.352. The number of halogens is 2. The fourth-order valence-electron chi connectivity index (χ4n) is 4.86. The number of hydrogen-bond acceptors (Lipinski definition) is 13. The van der Waals surface area contributed by atoms with E-state index in [1.165, 1.54) is 50.6 Å². The van der Waals surface area contributed by atoms with Gasteiger partial charge in [-0.05, 0) is 149 Å². The van der Waals surface area contributed by atoms with Gasteiger partial charge < -0.3 is 8.83 Å². The number of benzene rings is 1. The van der Waals surface area contributed by atoms with Gasteiger partial charge in [0.2, 0.25) is 0 Å². The highest BCUT2D eigenvalue weighted by Gasteiger charge is 1.93. The molecule has 0 saturated carbocycles. The normalized spacial score (nSPS) is 9.48. The van der Waals surface area contributed by atoms with Crippen molar-refractivity contribution >= 4 is 68.5 Å². The van der Waals surface area contributed by atoms with E-state index in [2.05, 4.69) is 116 Å². The minimum atomic E-state index is 0.623. The lowest BCUT2D eigenvalue weighted by molar-refractivity contribution is 0.521. The Morgan fingerprint density at radius 1 is 0.507 bits per heavy atom. The van der Waals surface area contributed by atoms with Crippen LogP contribution in [0.1, 0.15) is 109 Å². The Bertz CT molecular complexity index is 2300. The standard InChI is InChI=1S/C9H12.2C8H11N.C5H5ClS.2C5H7NO.2C5H7NS.C4H4ClNS/c1-3-9-6-4-8(2)5-7-9;1-3-8-4-5-9-7(2)6-8;1-3-8-5-4-7(2)6-9-8;1-4-2-3-5(6)7-4;1-4-5(2)7-3-6-4;3*1-4-3-7-5(2)6-4;1-3-2-6-4(5)7-3/h4-7H,3H2,1-2H3;2*4-6H,3H2,1-2H3;2-3H,1H3;4*3H,1-2H3;2H,1H3. The van der Waals surface area contributed by atoms with E-state index >= 15 is 0 Å². The van der Waals surface area contributed by atoms with Crippen LogP contribution in [0.25, 0.3) is 0 Å². The van der Waals surface area contributed by atoms with Crippen LogP contribution < -0.4 is 0 Å². The van der Waals surface area contributed by atoms with Gasteiger partial charge in [0, 0.05) is 68.8 Å². The average molecular weight is 1050 g/mol. The number of oxazole rings is 2. The zero-order chi connectivity index (χ0) is 51.7. The van der Waals surface area contributed by atoms with Crippen LogP contribution in [0.5, 0.6) is 0 Å². The molecule has 0 aliphatic heterocycles. The minimum Gasteiger partial charge on any atom is -0.449 e. The summed E-state index contributed by atoms with van der Waals surface area (Å²) in [6.45, 7) is 32.2. The van der Waals surface area contributed by atoms with Crippen LogP contribution in [0.15, 0.2) is 112 Å². The minimum absolute atomic E-state index is 0.623. The molecule has 0 saturated heterocycles. The molecule has 9 aromatic rings. The first-order valence-electron chi connectivity index (χ1n) is 22.4. The molecule has 0 spiro atoms. The molecule has 0 fully saturated rings. The van der Waals surface area contributed by atoms with E-state index in [-0.39, 0.29) is 0 Å². The molecule has 0 aliphatic carbocycles. The first-order chi connectivity index (χ1) is 32.7. The maximum Gasteiger partial charge on any atom is 0.191 e. The molecule has 0 unspecified atom stereocenters. The Morgan fingerprint density at radius 3 is 1.36 bits per heavy atom. The van der Waals surface area contributed by atoms with Gasteiger partial charge in [-0.1, -0.05) is 79.9 Å². The molecule has 69 heavy (non-hydrogen) atoms. The highest BCUT2D eigenvalue weighted by molar-refractivity contribution is 7.16. The summed E-state index contributed by atoms with van der Waals surface area (Å²) in [5.41, 5.74) is 11.8. The molecule has 8 heterocycles. The number of rotatable bonds is 3. The Hall–Kier alpha value is -4.89. The van der Waals surface area contributed by atoms with Crippen molar-refractivity contribution in [2.24, 2.45) is 0 Å². The Labute approximate surface area is 438 Å². The summed E-state index contributed by atoms with van der Waals surface area (Å²) in [6.07, 6.45) is 11.9. The van der Waals surface area contributed by atoms with E-state index in [4.69, 9.17) is 32.0 Å². The van der Waals surface area contributed by atoms with E-state index in [9.17, 15) is 0 Å². The van der Waals surface area contributed by atoms with Gasteiger partial charge >= 0.3 is 0 Å². The van der Waals surface area contributed by atoms with Crippen LogP contribution in [-0.4, -0.2) is 34.9 Å². The molecule has 0 aliphatic rings. The van der Waals surface area contributed by atoms with Crippen molar-refractivity contribution in [2.75, 3.05) is 0 Å². The second kappa shape index (κ2) is 36.1. The van der Waals surface area contributed by atoms with Crippen LogP contribution in [0, 0.1) is 90.0 Å². The largest absolute Gasteiger partial charge is 0.449 e. The average Bonchev–Trinajstić information content (AvgIpc) is 4.21. The second-order valence-electron chi connectivity index (χ2n) is 15.3. The lowest BCUT2D eigenvalue weighted by Crippen LogP contribution is -1.84. The molecule has 9 rings (SSSR count). The molecular formula is C54H71Cl2N7O2S4. The van der Waals surface area contributed by atoms with Gasteiger partial charge in [0.05, 0.1) is 25.7 Å². The van der Waals surface area contributed by atoms with Crippen molar-refractivity contribution in [3.8, 4) is 0 Å². The first kappa shape index (κ1) is 62.1. The highest BCUT2D eigenvalue weighted by Crippen LogP contribution is 2.19. The molecule has 9 nitrogen and oxygen atoms in total. The summed E-state index contributed by atoms with van der Waals surface area (Å²) in [6, 6.07) is 20.9. The van der Waals surface area contributed by atoms with Gasteiger partial charge in [-0.2, -0.15) is 0 Å². The molecule has 0 N–H and O–H groups in total. The lowest BCUT2D eigenvalue weighted by atomic mass is 10.1. The summed E-state index contributed by atoms with van der Waals surface area (Å²) < 4.78 is 11.2. The maximum absolute atomic E-state index is 5.58. The monoisotopic (exact) mass is 1050 g/mol. The maximum atomic E-state index is 5.58. The van der Waals surface area contributed by atoms with Crippen LogP contribution in [-0.2, 0) is 19.3 Å². The topological polar surface area (TPSA) is 117 Å². The van der Waals surface area contributed by atoms with Crippen molar-refractivity contribution in [3.63, 3.8) is 0 Å². The lowest BCUT2D eigenvalue weighted by Gasteiger charge is -1.94. The van der Waals surface area contributed by atoms with Crippen LogP contribution >= 0.6 is 68.5 Å². The zero-order valence-electron chi connectivity index (χ0n) is 43.3. The van der Waals surface area contributed by atoms with Crippen molar-refractivity contribution < 1.29 is 8.83 Å². The predicted octanol–water partition coefficient (Wildman–Crippen LogP) is 17.4. The summed E-state index contributed by atoms with van der Waals surface area (Å²) in [4.78, 5) is 30.6. The third-order valence-corrected chi connectivity index (χ3v) is 12.7. The smallest absolute Gasteiger partial charge is 0.191 e. The van der Waals surface area contributed by atoms with E-state index < -0.39 is 0 Å². The molecule has 0 amide bonds. The predicted molar refractivity (Wildman–Crippen MR) is 298 cm³/mol. The van der Waals surface area contributed by atoms with Crippen molar-refractivity contribution in [2.45, 2.75) is 130 Å². The Kier molecular flexibility index (Phi) is 32.5. The number of nitrogens with zero attached hydrogens (tertiary/aromatic N) is 7. The molecule has 1 aromatic carbocycles. The number of aromatic nitrogens is 7. The van der Waals surface area contributed by atoms with Gasteiger partial charge in [0.1, 0.15) is 12.0 Å². The van der Waals surface area contributed by atoms with E-state index in [0.717, 1.165) is 78.6 Å². The van der Waals surface area contributed by atoms with Gasteiger partial charge in [0.15, 0.2) is 16.8 Å². The first-order valence-corrected chi connectivity index (χ1v) is 26.6. The van der Waals surface area contributed by atoms with E-state index in [1.54, 1.807) is 46.5 Å². The van der Waals surface area contributed by atoms with Crippen molar-refractivity contribution in [1.82, 2.24) is 34.9 Å². The van der Waals surface area contributed by atoms with E-state index in [0.29, 0.717) is 4.47 Å². The number of pyridine rings is 2. The third kappa shape index (κ3) is 31.8. The summed E-state index contributed by atoms with van der Waals surface area (Å²) in [5.74, 6) is 1.64. The number of thiophene rings is 1. The molecule has 372 valence electrons. The molecule has 8 aromatic heterocycles. The van der Waals surface area contributed by atoms with Crippen LogP contribution in [0.4, 0.5) is 0 Å².